The predicted molar refractivity (Wildman–Crippen MR) is 83.2 cm³/mol. The zero-order valence-corrected chi connectivity index (χ0v) is 12.8. The van der Waals surface area contributed by atoms with E-state index in [9.17, 15) is 9.59 Å². The van der Waals surface area contributed by atoms with Crippen LogP contribution in [0.2, 0.25) is 0 Å². The first-order valence-corrected chi connectivity index (χ1v) is 7.40. The molecular weight excluding hydrogens is 296 g/mol. The molecule has 6 nitrogen and oxygen atoms in total. The van der Waals surface area contributed by atoms with E-state index >= 15 is 0 Å². The lowest BCUT2D eigenvalue weighted by molar-refractivity contribution is -0.145. The molecule has 120 valence electrons. The Bertz CT molecular complexity index is 738. The molecule has 1 unspecified atom stereocenters. The zero-order valence-electron chi connectivity index (χ0n) is 12.8. The molecule has 0 aliphatic carbocycles. The molecular formula is C17H18N2O4. The van der Waals surface area contributed by atoms with Crippen molar-refractivity contribution in [3.63, 3.8) is 0 Å². The number of hydrogen-bond acceptors (Lipinski definition) is 3. The van der Waals surface area contributed by atoms with Gasteiger partial charge in [-0.1, -0.05) is 12.1 Å². The summed E-state index contributed by atoms with van der Waals surface area (Å²) in [5, 5.41) is 8.94. The quantitative estimate of drug-likeness (QED) is 0.875. The molecule has 1 aromatic carbocycles. The molecule has 3 rings (SSSR count). The first-order valence-electron chi connectivity index (χ1n) is 7.40. The fourth-order valence-corrected chi connectivity index (χ4v) is 3.05. The van der Waals surface area contributed by atoms with Gasteiger partial charge in [-0.25, -0.2) is 0 Å². The number of amides is 1. The Labute approximate surface area is 133 Å². The Morgan fingerprint density at radius 1 is 1.26 bits per heavy atom. The number of methoxy groups -OCH3 is 1. The van der Waals surface area contributed by atoms with Crippen molar-refractivity contribution in [2.45, 2.75) is 19.0 Å². The van der Waals surface area contributed by atoms with Crippen LogP contribution in [0.5, 0.6) is 5.75 Å². The van der Waals surface area contributed by atoms with Crippen LogP contribution in [0.4, 0.5) is 0 Å². The molecule has 1 aliphatic rings. The monoisotopic (exact) mass is 314 g/mol. The Balaban J connectivity index is 2.03. The lowest BCUT2D eigenvalue weighted by atomic mass is 9.99. The zero-order chi connectivity index (χ0) is 16.4. The van der Waals surface area contributed by atoms with Crippen LogP contribution in [0.3, 0.4) is 0 Å². The summed E-state index contributed by atoms with van der Waals surface area (Å²) in [6.07, 6.45) is 1.47. The summed E-state index contributed by atoms with van der Waals surface area (Å²) < 4.78 is 7.36. The van der Waals surface area contributed by atoms with Gasteiger partial charge >= 0.3 is 5.97 Å². The van der Waals surface area contributed by atoms with Crippen LogP contribution >= 0.6 is 0 Å². The SMILES string of the molecule is COc1cccc(C2c3cccn3CCN2C(=O)CC(=O)O)c1. The van der Waals surface area contributed by atoms with Gasteiger partial charge in [0.05, 0.1) is 13.2 Å². The van der Waals surface area contributed by atoms with Crippen LogP contribution in [0, 0.1) is 0 Å². The van der Waals surface area contributed by atoms with E-state index < -0.39 is 12.4 Å². The molecule has 2 heterocycles. The number of ether oxygens (including phenoxy) is 1. The molecule has 1 amide bonds. The fraction of sp³-hybridized carbons (Fsp3) is 0.294. The van der Waals surface area contributed by atoms with E-state index in [1.807, 2.05) is 42.6 Å². The highest BCUT2D eigenvalue weighted by molar-refractivity contribution is 5.93. The second kappa shape index (κ2) is 6.16. The van der Waals surface area contributed by atoms with E-state index in [4.69, 9.17) is 9.84 Å². The highest BCUT2D eigenvalue weighted by Crippen LogP contribution is 2.34. The van der Waals surface area contributed by atoms with Crippen LogP contribution < -0.4 is 4.74 Å². The highest BCUT2D eigenvalue weighted by atomic mass is 16.5. The predicted octanol–water partition coefficient (Wildman–Crippen LogP) is 1.90. The summed E-state index contributed by atoms with van der Waals surface area (Å²) in [5.74, 6) is -0.782. The number of aliphatic carboxylic acids is 1. The van der Waals surface area contributed by atoms with Crippen molar-refractivity contribution < 1.29 is 19.4 Å². The molecule has 2 aromatic rings. The second-order valence-electron chi connectivity index (χ2n) is 5.46. The van der Waals surface area contributed by atoms with Crippen LogP contribution in [-0.4, -0.2) is 40.1 Å². The number of rotatable bonds is 4. The van der Waals surface area contributed by atoms with Gasteiger partial charge in [-0.2, -0.15) is 0 Å². The van der Waals surface area contributed by atoms with Gasteiger partial charge in [0.15, 0.2) is 0 Å². The molecule has 1 aliphatic heterocycles. The number of fused-ring (bicyclic) bond motifs is 1. The molecule has 0 radical (unpaired) electrons. The molecule has 6 heteroatoms. The van der Waals surface area contributed by atoms with Gasteiger partial charge in [0, 0.05) is 25.0 Å². The molecule has 1 atom stereocenters. The number of nitrogens with zero attached hydrogens (tertiary/aromatic N) is 2. The minimum atomic E-state index is -1.11. The molecule has 0 spiro atoms. The number of carbonyl (C=O) groups is 2. The highest BCUT2D eigenvalue weighted by Gasteiger charge is 2.32. The van der Waals surface area contributed by atoms with Crippen LogP contribution in [0.25, 0.3) is 0 Å². The second-order valence-corrected chi connectivity index (χ2v) is 5.46. The van der Waals surface area contributed by atoms with Gasteiger partial charge in [0.1, 0.15) is 12.2 Å². The average molecular weight is 314 g/mol. The summed E-state index contributed by atoms with van der Waals surface area (Å²) in [6.45, 7) is 1.14. The van der Waals surface area contributed by atoms with Gasteiger partial charge in [-0.05, 0) is 29.8 Å². The molecule has 0 saturated heterocycles. The summed E-state index contributed by atoms with van der Waals surface area (Å²) in [5.41, 5.74) is 1.88. The van der Waals surface area contributed by atoms with E-state index in [1.165, 1.54) is 0 Å². The van der Waals surface area contributed by atoms with Crippen LogP contribution in [0.1, 0.15) is 23.7 Å². The van der Waals surface area contributed by atoms with Gasteiger partial charge < -0.3 is 19.3 Å². The molecule has 1 aromatic heterocycles. The Morgan fingerprint density at radius 2 is 2.09 bits per heavy atom. The van der Waals surface area contributed by atoms with Crippen LogP contribution in [-0.2, 0) is 16.1 Å². The van der Waals surface area contributed by atoms with Crippen molar-refractivity contribution >= 4 is 11.9 Å². The number of benzene rings is 1. The number of hydrogen-bond donors (Lipinski definition) is 1. The fourth-order valence-electron chi connectivity index (χ4n) is 3.05. The first-order chi connectivity index (χ1) is 11.1. The molecule has 0 fully saturated rings. The van der Waals surface area contributed by atoms with Crippen molar-refractivity contribution in [1.29, 1.82) is 0 Å². The summed E-state index contributed by atoms with van der Waals surface area (Å²) in [4.78, 5) is 24.9. The smallest absolute Gasteiger partial charge is 0.312 e. The van der Waals surface area contributed by atoms with E-state index in [2.05, 4.69) is 4.57 Å². The average Bonchev–Trinajstić information content (AvgIpc) is 3.01. The van der Waals surface area contributed by atoms with E-state index in [-0.39, 0.29) is 11.9 Å². The third kappa shape index (κ3) is 2.92. The number of aromatic nitrogens is 1. The summed E-state index contributed by atoms with van der Waals surface area (Å²) in [6, 6.07) is 11.1. The van der Waals surface area contributed by atoms with E-state index in [1.54, 1.807) is 12.0 Å². The topological polar surface area (TPSA) is 71.8 Å². The van der Waals surface area contributed by atoms with Crippen molar-refractivity contribution in [2.75, 3.05) is 13.7 Å². The Morgan fingerprint density at radius 3 is 2.83 bits per heavy atom. The maximum atomic E-state index is 12.4. The standard InChI is InChI=1S/C17H18N2O4/c1-23-13-5-2-4-12(10-13)17-14-6-3-7-18(14)8-9-19(17)15(20)11-16(21)22/h2-7,10,17H,8-9,11H2,1H3,(H,21,22). The maximum absolute atomic E-state index is 12.4. The third-order valence-electron chi connectivity index (χ3n) is 4.07. The lowest BCUT2D eigenvalue weighted by Crippen LogP contribution is -2.43. The Kier molecular flexibility index (Phi) is 4.06. The van der Waals surface area contributed by atoms with Gasteiger partial charge in [-0.15, -0.1) is 0 Å². The molecule has 1 N–H and O–H groups in total. The minimum Gasteiger partial charge on any atom is -0.497 e. The number of carbonyl (C=O) groups excluding carboxylic acids is 1. The third-order valence-corrected chi connectivity index (χ3v) is 4.07. The molecule has 0 saturated carbocycles. The van der Waals surface area contributed by atoms with Crippen molar-refractivity contribution in [3.8, 4) is 5.75 Å². The van der Waals surface area contributed by atoms with E-state index in [0.29, 0.717) is 18.8 Å². The number of carboxylic acid groups (broad SMARTS) is 1. The largest absolute Gasteiger partial charge is 0.497 e. The first kappa shape index (κ1) is 15.1. The minimum absolute atomic E-state index is 0.305. The van der Waals surface area contributed by atoms with Crippen molar-refractivity contribution in [1.82, 2.24) is 9.47 Å². The van der Waals surface area contributed by atoms with Crippen LogP contribution in [0.15, 0.2) is 42.6 Å². The lowest BCUT2D eigenvalue weighted by Gasteiger charge is -2.37. The van der Waals surface area contributed by atoms with Crippen molar-refractivity contribution in [3.05, 3.63) is 53.9 Å². The summed E-state index contributed by atoms with van der Waals surface area (Å²) >= 11 is 0. The van der Waals surface area contributed by atoms with Gasteiger partial charge in [0.25, 0.3) is 0 Å². The molecule has 0 bridgehead atoms. The van der Waals surface area contributed by atoms with E-state index in [0.717, 1.165) is 11.3 Å². The molecule has 23 heavy (non-hydrogen) atoms. The number of carboxylic acids is 1. The van der Waals surface area contributed by atoms with Gasteiger partial charge in [0.2, 0.25) is 5.91 Å². The maximum Gasteiger partial charge on any atom is 0.312 e. The summed E-state index contributed by atoms with van der Waals surface area (Å²) in [7, 11) is 1.59. The normalized spacial score (nSPS) is 16.7. The van der Waals surface area contributed by atoms with Crippen molar-refractivity contribution in [2.24, 2.45) is 0 Å². The Hall–Kier alpha value is -2.76. The van der Waals surface area contributed by atoms with Gasteiger partial charge in [-0.3, -0.25) is 9.59 Å².